The topological polar surface area (TPSA) is 130 Å². The summed E-state index contributed by atoms with van der Waals surface area (Å²) in [6.45, 7) is 2.14. The summed E-state index contributed by atoms with van der Waals surface area (Å²) in [5, 5.41) is 5.18. The van der Waals surface area contributed by atoms with Crippen LogP contribution in [-0.2, 0) is 14.8 Å². The van der Waals surface area contributed by atoms with Gasteiger partial charge in [0.1, 0.15) is 0 Å². The van der Waals surface area contributed by atoms with Crippen LogP contribution in [0.5, 0.6) is 0 Å². The van der Waals surface area contributed by atoms with Gasteiger partial charge < -0.3 is 16.4 Å². The molecule has 0 bridgehead atoms. The highest BCUT2D eigenvalue weighted by atomic mass is 32.2. The summed E-state index contributed by atoms with van der Waals surface area (Å²) in [4.78, 5) is 23.2. The van der Waals surface area contributed by atoms with Crippen LogP contribution in [0.3, 0.4) is 0 Å². The van der Waals surface area contributed by atoms with E-state index in [1.54, 1.807) is 0 Å². The first-order valence-electron chi connectivity index (χ1n) is 6.60. The van der Waals surface area contributed by atoms with Gasteiger partial charge in [-0.2, -0.15) is 0 Å². The lowest BCUT2D eigenvalue weighted by Crippen LogP contribution is -2.27. The molecule has 0 aromatic heterocycles. The summed E-state index contributed by atoms with van der Waals surface area (Å²) in [6, 6.07) is 4.34. The largest absolute Gasteiger partial charge is 0.352 e. The van der Waals surface area contributed by atoms with Gasteiger partial charge in [0.15, 0.2) is 0 Å². The fourth-order valence-corrected chi connectivity index (χ4v) is 2.28. The molecular formula is C13H20N4O4S. The Balaban J connectivity index is 3.10. The van der Waals surface area contributed by atoms with E-state index in [9.17, 15) is 18.0 Å². The maximum absolute atomic E-state index is 12.2. The van der Waals surface area contributed by atoms with Crippen LogP contribution in [0.15, 0.2) is 18.2 Å². The highest BCUT2D eigenvalue weighted by molar-refractivity contribution is 7.92. The number of nitrogens with one attached hydrogen (secondary N) is 3. The van der Waals surface area contributed by atoms with Crippen molar-refractivity contribution in [3.05, 3.63) is 23.8 Å². The SMILES string of the molecule is CC(=O)Nc1ccc(NS(C)(=O)=O)c(C(=O)NCCCN)c1. The van der Waals surface area contributed by atoms with E-state index in [2.05, 4.69) is 15.4 Å². The van der Waals surface area contributed by atoms with Crippen LogP contribution < -0.4 is 21.1 Å². The summed E-state index contributed by atoms with van der Waals surface area (Å²) >= 11 is 0. The number of anilines is 2. The molecule has 0 atom stereocenters. The third-order valence-electron chi connectivity index (χ3n) is 2.55. The van der Waals surface area contributed by atoms with Crippen molar-refractivity contribution in [2.45, 2.75) is 13.3 Å². The molecule has 0 aliphatic rings. The first-order chi connectivity index (χ1) is 10.2. The van der Waals surface area contributed by atoms with Gasteiger partial charge in [-0.1, -0.05) is 0 Å². The number of carbonyl (C=O) groups excluding carboxylic acids is 2. The van der Waals surface area contributed by atoms with Crippen LogP contribution >= 0.6 is 0 Å². The van der Waals surface area contributed by atoms with Gasteiger partial charge in [-0.3, -0.25) is 14.3 Å². The Kier molecular flexibility index (Phi) is 6.32. The molecule has 22 heavy (non-hydrogen) atoms. The molecule has 1 aromatic carbocycles. The fourth-order valence-electron chi connectivity index (χ4n) is 1.70. The van der Waals surface area contributed by atoms with E-state index in [-0.39, 0.29) is 17.2 Å². The number of hydrogen-bond acceptors (Lipinski definition) is 5. The van der Waals surface area contributed by atoms with Crippen LogP contribution in [0, 0.1) is 0 Å². The highest BCUT2D eigenvalue weighted by Gasteiger charge is 2.15. The predicted molar refractivity (Wildman–Crippen MR) is 85.2 cm³/mol. The molecule has 0 fully saturated rings. The molecule has 1 aromatic rings. The minimum Gasteiger partial charge on any atom is -0.352 e. The lowest BCUT2D eigenvalue weighted by molar-refractivity contribution is -0.114. The van der Waals surface area contributed by atoms with Gasteiger partial charge in [0.2, 0.25) is 15.9 Å². The van der Waals surface area contributed by atoms with E-state index in [0.29, 0.717) is 25.2 Å². The van der Waals surface area contributed by atoms with Crippen LogP contribution in [-0.4, -0.2) is 39.6 Å². The zero-order chi connectivity index (χ0) is 16.8. The lowest BCUT2D eigenvalue weighted by Gasteiger charge is -2.13. The zero-order valence-corrected chi connectivity index (χ0v) is 13.3. The van der Waals surface area contributed by atoms with E-state index in [4.69, 9.17) is 5.73 Å². The van der Waals surface area contributed by atoms with Crippen molar-refractivity contribution in [2.24, 2.45) is 5.73 Å². The number of carbonyl (C=O) groups is 2. The minimum absolute atomic E-state index is 0.119. The van der Waals surface area contributed by atoms with Crippen molar-refractivity contribution in [3.63, 3.8) is 0 Å². The van der Waals surface area contributed by atoms with E-state index >= 15 is 0 Å². The maximum atomic E-state index is 12.2. The molecule has 0 saturated heterocycles. The van der Waals surface area contributed by atoms with Crippen LogP contribution in [0.25, 0.3) is 0 Å². The summed E-state index contributed by atoms with van der Waals surface area (Å²) < 4.78 is 25.0. The van der Waals surface area contributed by atoms with Gasteiger partial charge in [0.05, 0.1) is 17.5 Å². The summed E-state index contributed by atoms with van der Waals surface area (Å²) in [5.74, 6) is -0.745. The third-order valence-corrected chi connectivity index (χ3v) is 3.14. The second-order valence-corrected chi connectivity index (χ2v) is 6.46. The van der Waals surface area contributed by atoms with Crippen LogP contribution in [0.2, 0.25) is 0 Å². The summed E-state index contributed by atoms with van der Waals surface area (Å²) in [5.41, 5.74) is 6.01. The molecule has 0 heterocycles. The molecule has 0 spiro atoms. The molecule has 0 aliphatic carbocycles. The molecule has 0 saturated carbocycles. The predicted octanol–water partition coefficient (Wildman–Crippen LogP) is 0.0951. The van der Waals surface area contributed by atoms with Crippen molar-refractivity contribution in [1.29, 1.82) is 0 Å². The standard InChI is InChI=1S/C13H20N4O4S/c1-9(18)16-10-4-5-12(17-22(2,20)21)11(8-10)13(19)15-7-3-6-14/h4-5,8,17H,3,6-7,14H2,1-2H3,(H,15,19)(H,16,18). The molecule has 5 N–H and O–H groups in total. The van der Waals surface area contributed by atoms with Crippen molar-refractivity contribution >= 4 is 33.2 Å². The van der Waals surface area contributed by atoms with Gasteiger partial charge in [0.25, 0.3) is 5.91 Å². The minimum atomic E-state index is -3.53. The number of hydrogen-bond donors (Lipinski definition) is 4. The summed E-state index contributed by atoms with van der Waals surface area (Å²) in [6.07, 6.45) is 1.59. The van der Waals surface area contributed by atoms with Gasteiger partial charge in [-0.25, -0.2) is 8.42 Å². The molecule has 0 aliphatic heterocycles. The Bertz CT molecular complexity index is 658. The average molecular weight is 328 g/mol. The normalized spacial score (nSPS) is 10.9. The van der Waals surface area contributed by atoms with Crippen molar-refractivity contribution in [2.75, 3.05) is 29.4 Å². The molecule has 1 rings (SSSR count). The molecule has 2 amide bonds. The number of amides is 2. The molecule has 0 unspecified atom stereocenters. The molecule has 8 nitrogen and oxygen atoms in total. The molecular weight excluding hydrogens is 308 g/mol. The van der Waals surface area contributed by atoms with Crippen molar-refractivity contribution in [3.8, 4) is 0 Å². The van der Waals surface area contributed by atoms with Crippen molar-refractivity contribution in [1.82, 2.24) is 5.32 Å². The smallest absolute Gasteiger partial charge is 0.253 e. The first kappa shape index (κ1) is 17.9. The molecule has 0 radical (unpaired) electrons. The Labute approximate surface area is 129 Å². The van der Waals surface area contributed by atoms with Crippen LogP contribution in [0.1, 0.15) is 23.7 Å². The number of benzene rings is 1. The van der Waals surface area contributed by atoms with Gasteiger partial charge in [-0.05, 0) is 31.2 Å². The van der Waals surface area contributed by atoms with Crippen molar-refractivity contribution < 1.29 is 18.0 Å². The highest BCUT2D eigenvalue weighted by Crippen LogP contribution is 2.21. The number of nitrogens with two attached hydrogens (primary N) is 1. The average Bonchev–Trinajstić information content (AvgIpc) is 2.38. The Hall–Kier alpha value is -2.13. The Morgan fingerprint density at radius 1 is 1.27 bits per heavy atom. The van der Waals surface area contributed by atoms with E-state index in [0.717, 1.165) is 6.26 Å². The maximum Gasteiger partial charge on any atom is 0.253 e. The zero-order valence-electron chi connectivity index (χ0n) is 12.5. The quantitative estimate of drug-likeness (QED) is 0.527. The lowest BCUT2D eigenvalue weighted by atomic mass is 10.1. The molecule has 122 valence electrons. The van der Waals surface area contributed by atoms with Gasteiger partial charge in [0, 0.05) is 19.2 Å². The molecule has 9 heteroatoms. The monoisotopic (exact) mass is 328 g/mol. The number of sulfonamides is 1. The van der Waals surface area contributed by atoms with E-state index in [1.165, 1.54) is 25.1 Å². The fraction of sp³-hybridized carbons (Fsp3) is 0.385. The van der Waals surface area contributed by atoms with E-state index in [1.807, 2.05) is 0 Å². The Morgan fingerprint density at radius 2 is 1.95 bits per heavy atom. The van der Waals surface area contributed by atoms with E-state index < -0.39 is 15.9 Å². The second-order valence-electron chi connectivity index (χ2n) is 4.71. The number of rotatable bonds is 7. The van der Waals surface area contributed by atoms with Crippen LogP contribution in [0.4, 0.5) is 11.4 Å². The Morgan fingerprint density at radius 3 is 2.50 bits per heavy atom. The summed E-state index contributed by atoms with van der Waals surface area (Å²) in [7, 11) is -3.53. The first-order valence-corrected chi connectivity index (χ1v) is 8.50. The van der Waals surface area contributed by atoms with Gasteiger partial charge >= 0.3 is 0 Å². The second kappa shape index (κ2) is 7.76. The third kappa shape index (κ3) is 6.10. The van der Waals surface area contributed by atoms with Gasteiger partial charge in [-0.15, -0.1) is 0 Å².